The Balaban J connectivity index is 2.32. The maximum Gasteiger partial charge on any atom is 0.253 e. The molecule has 0 spiro atoms. The number of hydrogen-bond donors (Lipinski definition) is 2. The molecule has 0 amide bonds. The zero-order valence-electron chi connectivity index (χ0n) is 8.98. The standard InChI is InChI=1S/C11H7ClN4OS/c12-8-3-7(2-1-6(8)5-13)18-11-15-9(14)4-10(17)16-11/h1-4H,(H3,14,15,16,17). The number of hydrogen-bond acceptors (Lipinski definition) is 5. The Morgan fingerprint density at radius 1 is 1.44 bits per heavy atom. The lowest BCUT2D eigenvalue weighted by Gasteiger charge is -2.02. The molecule has 0 unspecified atom stereocenters. The molecule has 2 aromatic rings. The van der Waals surface area contributed by atoms with Crippen LogP contribution in [-0.2, 0) is 0 Å². The molecule has 0 fully saturated rings. The van der Waals surface area contributed by atoms with E-state index in [2.05, 4.69) is 9.97 Å². The number of aromatic amines is 1. The van der Waals surface area contributed by atoms with E-state index in [1.807, 2.05) is 6.07 Å². The van der Waals surface area contributed by atoms with E-state index in [1.54, 1.807) is 18.2 Å². The highest BCUT2D eigenvalue weighted by Gasteiger charge is 2.05. The molecule has 1 heterocycles. The van der Waals surface area contributed by atoms with Crippen LogP contribution in [0.3, 0.4) is 0 Å². The molecule has 0 saturated heterocycles. The lowest BCUT2D eigenvalue weighted by Crippen LogP contribution is -2.09. The molecule has 7 heteroatoms. The zero-order chi connectivity index (χ0) is 13.1. The summed E-state index contributed by atoms with van der Waals surface area (Å²) < 4.78 is 0. The first kappa shape index (κ1) is 12.5. The molecule has 0 bridgehead atoms. The van der Waals surface area contributed by atoms with Crippen LogP contribution in [0.4, 0.5) is 5.82 Å². The van der Waals surface area contributed by atoms with Gasteiger partial charge in [0.15, 0.2) is 5.16 Å². The average Bonchev–Trinajstić information content (AvgIpc) is 2.27. The highest BCUT2D eigenvalue weighted by Crippen LogP contribution is 2.28. The zero-order valence-corrected chi connectivity index (χ0v) is 10.5. The predicted octanol–water partition coefficient (Wildman–Crippen LogP) is 2.03. The Morgan fingerprint density at radius 2 is 2.22 bits per heavy atom. The highest BCUT2D eigenvalue weighted by molar-refractivity contribution is 7.99. The molecule has 5 nitrogen and oxygen atoms in total. The summed E-state index contributed by atoms with van der Waals surface area (Å²) in [5.74, 6) is 0.154. The number of benzene rings is 1. The first-order valence-electron chi connectivity index (χ1n) is 4.83. The van der Waals surface area contributed by atoms with E-state index in [-0.39, 0.29) is 11.4 Å². The van der Waals surface area contributed by atoms with Crippen LogP contribution < -0.4 is 11.3 Å². The van der Waals surface area contributed by atoms with Gasteiger partial charge in [0.2, 0.25) is 0 Å². The van der Waals surface area contributed by atoms with Crippen LogP contribution in [0.2, 0.25) is 5.02 Å². The van der Waals surface area contributed by atoms with Crippen molar-refractivity contribution < 1.29 is 0 Å². The molecule has 0 aliphatic carbocycles. The topological polar surface area (TPSA) is 95.6 Å². The molecule has 2 rings (SSSR count). The van der Waals surface area contributed by atoms with E-state index in [0.29, 0.717) is 15.7 Å². The largest absolute Gasteiger partial charge is 0.383 e. The van der Waals surface area contributed by atoms with E-state index in [0.717, 1.165) is 4.90 Å². The molecule has 1 aromatic carbocycles. The van der Waals surface area contributed by atoms with E-state index in [9.17, 15) is 4.79 Å². The van der Waals surface area contributed by atoms with E-state index in [1.165, 1.54) is 17.8 Å². The highest BCUT2D eigenvalue weighted by atomic mass is 35.5. The molecule has 0 saturated carbocycles. The number of anilines is 1. The predicted molar refractivity (Wildman–Crippen MR) is 69.6 cm³/mol. The van der Waals surface area contributed by atoms with Gasteiger partial charge in [0.25, 0.3) is 5.56 Å². The summed E-state index contributed by atoms with van der Waals surface area (Å²) in [7, 11) is 0. The van der Waals surface area contributed by atoms with Gasteiger partial charge in [-0.25, -0.2) is 4.98 Å². The maximum atomic E-state index is 11.2. The van der Waals surface area contributed by atoms with Crippen LogP contribution in [0.15, 0.2) is 39.1 Å². The van der Waals surface area contributed by atoms with Crippen molar-refractivity contribution in [1.29, 1.82) is 5.26 Å². The minimum atomic E-state index is -0.315. The van der Waals surface area contributed by atoms with Crippen molar-refractivity contribution in [1.82, 2.24) is 9.97 Å². The monoisotopic (exact) mass is 278 g/mol. The molecule has 18 heavy (non-hydrogen) atoms. The summed E-state index contributed by atoms with van der Waals surface area (Å²) in [6.45, 7) is 0. The van der Waals surface area contributed by atoms with Crippen molar-refractivity contribution in [2.75, 3.05) is 5.73 Å². The summed E-state index contributed by atoms with van der Waals surface area (Å²) in [5.41, 5.74) is 5.56. The van der Waals surface area contributed by atoms with Gasteiger partial charge in [0, 0.05) is 11.0 Å². The Hall–Kier alpha value is -1.97. The minimum Gasteiger partial charge on any atom is -0.383 e. The van der Waals surface area contributed by atoms with Crippen molar-refractivity contribution in [3.8, 4) is 6.07 Å². The first-order valence-corrected chi connectivity index (χ1v) is 6.02. The Bertz CT molecular complexity index is 692. The van der Waals surface area contributed by atoms with Gasteiger partial charge in [0.1, 0.15) is 11.9 Å². The molecule has 0 aliphatic rings. The van der Waals surface area contributed by atoms with Gasteiger partial charge in [-0.3, -0.25) is 4.79 Å². The van der Waals surface area contributed by atoms with Crippen LogP contribution in [0.1, 0.15) is 5.56 Å². The quantitative estimate of drug-likeness (QED) is 0.820. The van der Waals surface area contributed by atoms with Crippen molar-refractivity contribution >= 4 is 29.2 Å². The van der Waals surface area contributed by atoms with Crippen LogP contribution in [0.5, 0.6) is 0 Å². The lowest BCUT2D eigenvalue weighted by molar-refractivity contribution is 0.945. The smallest absolute Gasteiger partial charge is 0.253 e. The normalized spacial score (nSPS) is 10.0. The molecule has 3 N–H and O–H groups in total. The number of nitrogens with two attached hydrogens (primary N) is 1. The third kappa shape index (κ3) is 2.83. The summed E-state index contributed by atoms with van der Waals surface area (Å²) in [4.78, 5) is 18.5. The maximum absolute atomic E-state index is 11.2. The number of H-pyrrole nitrogens is 1. The van der Waals surface area contributed by atoms with Gasteiger partial charge >= 0.3 is 0 Å². The Kier molecular flexibility index (Phi) is 3.55. The second-order valence-electron chi connectivity index (χ2n) is 3.33. The Labute approximate surface area is 112 Å². The molecule has 0 radical (unpaired) electrons. The van der Waals surface area contributed by atoms with Gasteiger partial charge < -0.3 is 10.7 Å². The number of nitrogen functional groups attached to an aromatic ring is 1. The Morgan fingerprint density at radius 3 is 2.83 bits per heavy atom. The molecule has 0 atom stereocenters. The summed E-state index contributed by atoms with van der Waals surface area (Å²) >= 11 is 7.11. The van der Waals surface area contributed by atoms with E-state index in [4.69, 9.17) is 22.6 Å². The van der Waals surface area contributed by atoms with Gasteiger partial charge in [-0.15, -0.1) is 0 Å². The van der Waals surface area contributed by atoms with Gasteiger partial charge in [-0.2, -0.15) is 5.26 Å². The second kappa shape index (κ2) is 5.12. The number of nitrogens with zero attached hydrogens (tertiary/aromatic N) is 2. The molecule has 90 valence electrons. The van der Waals surface area contributed by atoms with Crippen molar-refractivity contribution in [3.63, 3.8) is 0 Å². The van der Waals surface area contributed by atoms with Gasteiger partial charge in [0.05, 0.1) is 10.6 Å². The van der Waals surface area contributed by atoms with Gasteiger partial charge in [-0.05, 0) is 18.2 Å². The fourth-order valence-electron chi connectivity index (χ4n) is 1.26. The SMILES string of the molecule is N#Cc1ccc(Sc2nc(N)cc(=O)[nH]2)cc1Cl. The fourth-order valence-corrected chi connectivity index (χ4v) is 2.39. The molecule has 0 aliphatic heterocycles. The lowest BCUT2D eigenvalue weighted by atomic mass is 10.2. The van der Waals surface area contributed by atoms with E-state index < -0.39 is 0 Å². The van der Waals surface area contributed by atoms with Gasteiger partial charge in [-0.1, -0.05) is 23.4 Å². The summed E-state index contributed by atoms with van der Waals surface area (Å²) in [6, 6.07) is 8.13. The number of rotatable bonds is 2. The number of nitrogens with one attached hydrogen (secondary N) is 1. The molecule has 1 aromatic heterocycles. The summed E-state index contributed by atoms with van der Waals surface area (Å²) in [5, 5.41) is 9.49. The van der Waals surface area contributed by atoms with Crippen LogP contribution in [0.25, 0.3) is 0 Å². The fraction of sp³-hybridized carbons (Fsp3) is 0. The van der Waals surface area contributed by atoms with Crippen molar-refractivity contribution in [2.24, 2.45) is 0 Å². The van der Waals surface area contributed by atoms with Crippen LogP contribution >= 0.6 is 23.4 Å². The molecular formula is C11H7ClN4OS. The number of aromatic nitrogens is 2. The third-order valence-electron chi connectivity index (χ3n) is 2.02. The van der Waals surface area contributed by atoms with Crippen LogP contribution in [0, 0.1) is 11.3 Å². The average molecular weight is 279 g/mol. The third-order valence-corrected chi connectivity index (χ3v) is 3.20. The minimum absolute atomic E-state index is 0.154. The summed E-state index contributed by atoms with van der Waals surface area (Å²) in [6.07, 6.45) is 0. The van der Waals surface area contributed by atoms with Crippen molar-refractivity contribution in [2.45, 2.75) is 10.1 Å². The molecular weight excluding hydrogens is 272 g/mol. The van der Waals surface area contributed by atoms with Crippen LogP contribution in [-0.4, -0.2) is 9.97 Å². The number of nitriles is 1. The van der Waals surface area contributed by atoms with E-state index >= 15 is 0 Å². The second-order valence-corrected chi connectivity index (χ2v) is 4.80. The first-order chi connectivity index (χ1) is 8.58. The number of halogens is 1. The van der Waals surface area contributed by atoms with Crippen molar-refractivity contribution in [3.05, 3.63) is 45.2 Å².